The molecule has 0 unspecified atom stereocenters. The number of hydrogen-bond donors (Lipinski definition) is 1. The minimum atomic E-state index is -0.564. The van der Waals surface area contributed by atoms with Crippen LogP contribution >= 0.6 is 0 Å². The van der Waals surface area contributed by atoms with Crippen molar-refractivity contribution in [3.8, 4) is 5.75 Å². The van der Waals surface area contributed by atoms with Gasteiger partial charge >= 0.3 is 11.8 Å². The summed E-state index contributed by atoms with van der Waals surface area (Å²) in [7, 11) is 1.65. The number of carbonyl (C=O) groups is 2. The van der Waals surface area contributed by atoms with Crippen molar-refractivity contribution in [2.45, 2.75) is 26.7 Å². The second kappa shape index (κ2) is 9.45. The Bertz CT molecular complexity index is 851. The molecule has 29 heavy (non-hydrogen) atoms. The fraction of sp³-hybridized carbons (Fsp3) is 0.391. The molecule has 2 amide bonds. The number of rotatable bonds is 5. The number of anilines is 2. The smallest absolute Gasteiger partial charge is 0.313 e. The SMILES string of the molecule is CCc1cccc(CC)c1NC(=O)C(=O)N1CCN(c2ccccc2OC)CC1. The number of piperazine rings is 1. The van der Waals surface area contributed by atoms with Crippen LogP contribution in [0.3, 0.4) is 0 Å². The quantitative estimate of drug-likeness (QED) is 0.791. The molecule has 0 aromatic heterocycles. The third-order valence-electron chi connectivity index (χ3n) is 5.42. The van der Waals surface area contributed by atoms with Gasteiger partial charge in [0.05, 0.1) is 12.8 Å². The van der Waals surface area contributed by atoms with Crippen molar-refractivity contribution >= 4 is 23.2 Å². The van der Waals surface area contributed by atoms with Crippen LogP contribution in [0.25, 0.3) is 0 Å². The molecule has 0 bridgehead atoms. The number of amides is 2. The van der Waals surface area contributed by atoms with Gasteiger partial charge in [-0.05, 0) is 36.1 Å². The third-order valence-corrected chi connectivity index (χ3v) is 5.42. The van der Waals surface area contributed by atoms with Crippen LogP contribution in [0.1, 0.15) is 25.0 Å². The lowest BCUT2D eigenvalue weighted by molar-refractivity contribution is -0.143. The topological polar surface area (TPSA) is 61.9 Å². The zero-order chi connectivity index (χ0) is 20.8. The minimum absolute atomic E-state index is 0.474. The Morgan fingerprint density at radius 3 is 2.14 bits per heavy atom. The summed E-state index contributed by atoms with van der Waals surface area (Å²) in [5, 5.41) is 2.88. The van der Waals surface area contributed by atoms with E-state index in [9.17, 15) is 9.59 Å². The molecule has 1 fully saturated rings. The van der Waals surface area contributed by atoms with E-state index in [2.05, 4.69) is 10.2 Å². The van der Waals surface area contributed by atoms with E-state index < -0.39 is 11.8 Å². The van der Waals surface area contributed by atoms with E-state index in [0.717, 1.165) is 41.1 Å². The van der Waals surface area contributed by atoms with Crippen molar-refractivity contribution in [2.75, 3.05) is 43.5 Å². The average molecular weight is 396 g/mol. The maximum Gasteiger partial charge on any atom is 0.313 e. The summed E-state index contributed by atoms with van der Waals surface area (Å²) in [5.74, 6) is -0.225. The van der Waals surface area contributed by atoms with Crippen molar-refractivity contribution < 1.29 is 14.3 Å². The van der Waals surface area contributed by atoms with E-state index in [1.165, 1.54) is 0 Å². The molecular weight excluding hydrogens is 366 g/mol. The molecule has 1 N–H and O–H groups in total. The van der Waals surface area contributed by atoms with Crippen LogP contribution in [-0.2, 0) is 22.4 Å². The van der Waals surface area contributed by atoms with Gasteiger partial charge in [-0.1, -0.05) is 44.2 Å². The highest BCUT2D eigenvalue weighted by atomic mass is 16.5. The number of aryl methyl sites for hydroxylation is 2. The maximum absolute atomic E-state index is 12.7. The molecule has 1 aliphatic rings. The minimum Gasteiger partial charge on any atom is -0.495 e. The van der Waals surface area contributed by atoms with Crippen molar-refractivity contribution in [3.63, 3.8) is 0 Å². The zero-order valence-corrected chi connectivity index (χ0v) is 17.4. The summed E-state index contributed by atoms with van der Waals surface area (Å²) in [6, 6.07) is 13.8. The fourth-order valence-electron chi connectivity index (χ4n) is 3.76. The first-order valence-electron chi connectivity index (χ1n) is 10.2. The Hall–Kier alpha value is -3.02. The molecule has 1 aliphatic heterocycles. The monoisotopic (exact) mass is 395 g/mol. The lowest BCUT2D eigenvalue weighted by Crippen LogP contribution is -2.51. The van der Waals surface area contributed by atoms with E-state index in [1.807, 2.05) is 56.3 Å². The van der Waals surface area contributed by atoms with Crippen LogP contribution in [0.2, 0.25) is 0 Å². The largest absolute Gasteiger partial charge is 0.495 e. The normalized spacial score (nSPS) is 13.9. The molecule has 2 aromatic carbocycles. The molecule has 0 saturated carbocycles. The van der Waals surface area contributed by atoms with Gasteiger partial charge in [0.25, 0.3) is 0 Å². The first-order chi connectivity index (χ1) is 14.1. The average Bonchev–Trinajstić information content (AvgIpc) is 2.78. The van der Waals surface area contributed by atoms with Crippen LogP contribution < -0.4 is 15.0 Å². The number of para-hydroxylation sites is 3. The molecule has 3 rings (SSSR count). The molecule has 0 spiro atoms. The second-order valence-corrected chi connectivity index (χ2v) is 7.06. The van der Waals surface area contributed by atoms with E-state index in [1.54, 1.807) is 12.0 Å². The van der Waals surface area contributed by atoms with Crippen LogP contribution in [0, 0.1) is 0 Å². The molecule has 0 radical (unpaired) electrons. The standard InChI is InChI=1S/C23H29N3O3/c1-4-17-9-8-10-18(5-2)21(17)24-22(27)23(28)26-15-13-25(14-16-26)19-11-6-7-12-20(19)29-3/h6-12H,4-5,13-16H2,1-3H3,(H,24,27). The van der Waals surface area contributed by atoms with Gasteiger partial charge in [-0.15, -0.1) is 0 Å². The lowest BCUT2D eigenvalue weighted by Gasteiger charge is -2.36. The van der Waals surface area contributed by atoms with Crippen molar-refractivity contribution in [1.29, 1.82) is 0 Å². The molecule has 0 aliphatic carbocycles. The molecule has 6 nitrogen and oxygen atoms in total. The van der Waals surface area contributed by atoms with Gasteiger partial charge in [0, 0.05) is 31.9 Å². The third kappa shape index (κ3) is 4.53. The summed E-state index contributed by atoms with van der Waals surface area (Å²) in [5.41, 5.74) is 3.89. The number of methoxy groups -OCH3 is 1. The predicted molar refractivity (Wildman–Crippen MR) is 116 cm³/mol. The predicted octanol–water partition coefficient (Wildman–Crippen LogP) is 3.11. The summed E-state index contributed by atoms with van der Waals surface area (Å²) < 4.78 is 5.43. The zero-order valence-electron chi connectivity index (χ0n) is 17.4. The molecule has 6 heteroatoms. The molecular formula is C23H29N3O3. The number of carbonyl (C=O) groups excluding carboxylic acids is 2. The number of nitrogens with zero attached hydrogens (tertiary/aromatic N) is 2. The van der Waals surface area contributed by atoms with Gasteiger partial charge in [-0.3, -0.25) is 9.59 Å². The Morgan fingerprint density at radius 1 is 0.931 bits per heavy atom. The summed E-state index contributed by atoms with van der Waals surface area (Å²) in [6.07, 6.45) is 1.60. The number of nitrogens with one attached hydrogen (secondary N) is 1. The van der Waals surface area contributed by atoms with Crippen LogP contribution in [0.4, 0.5) is 11.4 Å². The summed E-state index contributed by atoms with van der Waals surface area (Å²) >= 11 is 0. The number of hydrogen-bond acceptors (Lipinski definition) is 4. The highest BCUT2D eigenvalue weighted by Crippen LogP contribution is 2.28. The van der Waals surface area contributed by atoms with Gasteiger partial charge in [0.1, 0.15) is 5.75 Å². The van der Waals surface area contributed by atoms with E-state index in [-0.39, 0.29) is 0 Å². The van der Waals surface area contributed by atoms with Crippen molar-refractivity contribution in [1.82, 2.24) is 4.90 Å². The summed E-state index contributed by atoms with van der Waals surface area (Å²) in [6.45, 7) is 6.41. The molecule has 1 heterocycles. The number of ether oxygens (including phenoxy) is 1. The fourth-order valence-corrected chi connectivity index (χ4v) is 3.76. The van der Waals surface area contributed by atoms with E-state index >= 15 is 0 Å². The van der Waals surface area contributed by atoms with Gasteiger partial charge in [0.15, 0.2) is 0 Å². The van der Waals surface area contributed by atoms with Crippen LogP contribution in [0.5, 0.6) is 5.75 Å². The Kier molecular flexibility index (Phi) is 6.75. The maximum atomic E-state index is 12.7. The van der Waals surface area contributed by atoms with Gasteiger partial charge in [-0.25, -0.2) is 0 Å². The molecule has 154 valence electrons. The van der Waals surface area contributed by atoms with E-state index in [0.29, 0.717) is 26.2 Å². The highest BCUT2D eigenvalue weighted by molar-refractivity contribution is 6.39. The first-order valence-corrected chi connectivity index (χ1v) is 10.2. The van der Waals surface area contributed by atoms with Crippen molar-refractivity contribution in [3.05, 3.63) is 53.6 Å². The van der Waals surface area contributed by atoms with Crippen LogP contribution in [-0.4, -0.2) is 50.0 Å². The lowest BCUT2D eigenvalue weighted by atomic mass is 10.0. The van der Waals surface area contributed by atoms with Gasteiger partial charge in [0.2, 0.25) is 0 Å². The summed E-state index contributed by atoms with van der Waals surface area (Å²) in [4.78, 5) is 29.2. The Morgan fingerprint density at radius 2 is 1.55 bits per heavy atom. The van der Waals surface area contributed by atoms with Gasteiger partial charge in [-0.2, -0.15) is 0 Å². The van der Waals surface area contributed by atoms with Crippen molar-refractivity contribution in [2.24, 2.45) is 0 Å². The Labute approximate surface area is 172 Å². The highest BCUT2D eigenvalue weighted by Gasteiger charge is 2.27. The second-order valence-electron chi connectivity index (χ2n) is 7.06. The van der Waals surface area contributed by atoms with Crippen LogP contribution in [0.15, 0.2) is 42.5 Å². The molecule has 0 atom stereocenters. The number of benzene rings is 2. The Balaban J connectivity index is 1.65. The van der Waals surface area contributed by atoms with E-state index in [4.69, 9.17) is 4.74 Å². The molecule has 2 aromatic rings. The van der Waals surface area contributed by atoms with Gasteiger partial charge < -0.3 is 19.9 Å². The first kappa shape index (κ1) is 20.7. The molecule has 1 saturated heterocycles.